The minimum atomic E-state index is -3.73. The fraction of sp³-hybridized carbons (Fsp3) is 0.250. The SMILES string of the molecule is [C-]#[N+]c1ccc2c(c1)c(C1CC1CO)cn2S(=O)(=O)c1ccc(C)cc1. The maximum atomic E-state index is 13.2. The van der Waals surface area contributed by atoms with Crippen molar-refractivity contribution in [2.24, 2.45) is 5.92 Å². The maximum Gasteiger partial charge on any atom is 0.268 e. The molecule has 1 heterocycles. The Labute approximate surface area is 152 Å². The minimum Gasteiger partial charge on any atom is -0.396 e. The Morgan fingerprint density at radius 1 is 1.23 bits per heavy atom. The highest BCUT2D eigenvalue weighted by molar-refractivity contribution is 7.90. The molecule has 26 heavy (non-hydrogen) atoms. The average Bonchev–Trinajstić information content (AvgIpc) is 3.33. The Morgan fingerprint density at radius 2 is 1.96 bits per heavy atom. The zero-order chi connectivity index (χ0) is 18.5. The molecule has 0 bridgehead atoms. The molecule has 1 aromatic heterocycles. The van der Waals surface area contributed by atoms with Crippen LogP contribution in [0.15, 0.2) is 53.6 Å². The van der Waals surface area contributed by atoms with Crippen LogP contribution < -0.4 is 0 Å². The lowest BCUT2D eigenvalue weighted by atomic mass is 10.1. The monoisotopic (exact) mass is 366 g/mol. The molecule has 0 spiro atoms. The number of aromatic nitrogens is 1. The summed E-state index contributed by atoms with van der Waals surface area (Å²) >= 11 is 0. The predicted molar refractivity (Wildman–Crippen MR) is 99.9 cm³/mol. The molecule has 4 rings (SSSR count). The normalized spacial score (nSPS) is 19.4. The summed E-state index contributed by atoms with van der Waals surface area (Å²) in [6.45, 7) is 9.23. The third kappa shape index (κ3) is 2.61. The van der Waals surface area contributed by atoms with Gasteiger partial charge in [-0.1, -0.05) is 23.8 Å². The summed E-state index contributed by atoms with van der Waals surface area (Å²) in [5.41, 5.74) is 2.93. The first-order valence-electron chi connectivity index (χ1n) is 8.41. The summed E-state index contributed by atoms with van der Waals surface area (Å²) in [5.74, 6) is 0.297. The molecule has 1 N–H and O–H groups in total. The van der Waals surface area contributed by atoms with E-state index in [9.17, 15) is 13.5 Å². The zero-order valence-corrected chi connectivity index (χ0v) is 15.1. The Balaban J connectivity index is 1.93. The molecule has 2 aromatic carbocycles. The number of aliphatic hydroxyl groups excluding tert-OH is 1. The van der Waals surface area contributed by atoms with Gasteiger partial charge in [0.25, 0.3) is 10.0 Å². The van der Waals surface area contributed by atoms with E-state index >= 15 is 0 Å². The second-order valence-electron chi connectivity index (χ2n) is 6.80. The van der Waals surface area contributed by atoms with E-state index in [4.69, 9.17) is 6.57 Å². The Morgan fingerprint density at radius 3 is 2.58 bits per heavy atom. The van der Waals surface area contributed by atoms with Crippen LogP contribution in [0.1, 0.15) is 23.5 Å². The summed E-state index contributed by atoms with van der Waals surface area (Å²) in [6.07, 6.45) is 2.50. The van der Waals surface area contributed by atoms with Crippen molar-refractivity contribution in [2.75, 3.05) is 6.61 Å². The number of aryl methyl sites for hydroxylation is 1. The van der Waals surface area contributed by atoms with E-state index in [0.717, 1.165) is 22.9 Å². The Bertz CT molecular complexity index is 1140. The van der Waals surface area contributed by atoms with Gasteiger partial charge < -0.3 is 5.11 Å². The molecule has 1 fully saturated rings. The number of hydrogen-bond acceptors (Lipinski definition) is 3. The summed E-state index contributed by atoms with van der Waals surface area (Å²) in [7, 11) is -3.73. The number of fused-ring (bicyclic) bond motifs is 1. The molecule has 6 heteroatoms. The van der Waals surface area contributed by atoms with Crippen molar-refractivity contribution >= 4 is 26.6 Å². The second kappa shape index (κ2) is 5.97. The van der Waals surface area contributed by atoms with Crippen LogP contribution in [0.3, 0.4) is 0 Å². The molecule has 1 saturated carbocycles. The van der Waals surface area contributed by atoms with Gasteiger partial charge in [0, 0.05) is 12.8 Å². The van der Waals surface area contributed by atoms with Gasteiger partial charge in [-0.2, -0.15) is 0 Å². The molecule has 0 radical (unpaired) electrons. The van der Waals surface area contributed by atoms with E-state index < -0.39 is 10.0 Å². The van der Waals surface area contributed by atoms with Crippen molar-refractivity contribution in [1.29, 1.82) is 0 Å². The van der Waals surface area contributed by atoms with Gasteiger partial charge in [0.1, 0.15) is 0 Å². The third-order valence-electron chi connectivity index (χ3n) is 5.05. The van der Waals surface area contributed by atoms with Crippen molar-refractivity contribution in [1.82, 2.24) is 3.97 Å². The zero-order valence-electron chi connectivity index (χ0n) is 14.3. The Hall–Kier alpha value is -2.62. The van der Waals surface area contributed by atoms with Crippen LogP contribution in [0.25, 0.3) is 15.7 Å². The van der Waals surface area contributed by atoms with E-state index in [2.05, 4.69) is 4.85 Å². The second-order valence-corrected chi connectivity index (χ2v) is 8.61. The van der Waals surface area contributed by atoms with Gasteiger partial charge in [0.2, 0.25) is 0 Å². The summed E-state index contributed by atoms with van der Waals surface area (Å²) < 4.78 is 27.7. The molecule has 0 aliphatic heterocycles. The van der Waals surface area contributed by atoms with Crippen molar-refractivity contribution in [3.05, 3.63) is 71.2 Å². The van der Waals surface area contributed by atoms with Crippen molar-refractivity contribution in [3.8, 4) is 0 Å². The number of rotatable bonds is 4. The van der Waals surface area contributed by atoms with E-state index in [1.165, 1.54) is 3.97 Å². The van der Waals surface area contributed by atoms with Crippen LogP contribution >= 0.6 is 0 Å². The van der Waals surface area contributed by atoms with Crippen molar-refractivity contribution < 1.29 is 13.5 Å². The highest BCUT2D eigenvalue weighted by Crippen LogP contribution is 2.50. The van der Waals surface area contributed by atoms with Crippen LogP contribution in [0.5, 0.6) is 0 Å². The number of aliphatic hydroxyl groups is 1. The van der Waals surface area contributed by atoms with Crippen LogP contribution in [0.2, 0.25) is 0 Å². The van der Waals surface area contributed by atoms with Gasteiger partial charge in [-0.05, 0) is 60.4 Å². The van der Waals surface area contributed by atoms with Gasteiger partial charge in [-0.25, -0.2) is 17.2 Å². The first kappa shape index (κ1) is 16.8. The minimum absolute atomic E-state index is 0.0879. The van der Waals surface area contributed by atoms with Crippen LogP contribution in [0, 0.1) is 19.4 Å². The molecule has 132 valence electrons. The highest BCUT2D eigenvalue weighted by Gasteiger charge is 2.40. The fourth-order valence-corrected chi connectivity index (χ4v) is 4.81. The first-order chi connectivity index (χ1) is 12.5. The molecule has 2 unspecified atom stereocenters. The van der Waals surface area contributed by atoms with Crippen molar-refractivity contribution in [3.63, 3.8) is 0 Å². The number of benzene rings is 2. The molecule has 2 atom stereocenters. The Kier molecular flexibility index (Phi) is 3.87. The van der Waals surface area contributed by atoms with Gasteiger partial charge in [-0.3, -0.25) is 0 Å². The van der Waals surface area contributed by atoms with Crippen LogP contribution in [0.4, 0.5) is 5.69 Å². The molecular formula is C20H18N2O3S. The van der Waals surface area contributed by atoms with Gasteiger partial charge in [-0.15, -0.1) is 0 Å². The summed E-state index contributed by atoms with van der Waals surface area (Å²) in [6, 6.07) is 11.8. The third-order valence-corrected chi connectivity index (χ3v) is 6.74. The largest absolute Gasteiger partial charge is 0.396 e. The van der Waals surface area contributed by atoms with Crippen LogP contribution in [-0.2, 0) is 10.0 Å². The fourth-order valence-electron chi connectivity index (χ4n) is 3.43. The quantitative estimate of drug-likeness (QED) is 0.714. The topological polar surface area (TPSA) is 63.7 Å². The van der Waals surface area contributed by atoms with Gasteiger partial charge in [0.15, 0.2) is 5.69 Å². The maximum absolute atomic E-state index is 13.2. The number of nitrogens with zero attached hydrogens (tertiary/aromatic N) is 2. The molecule has 1 aliphatic carbocycles. The van der Waals surface area contributed by atoms with E-state index in [1.807, 2.05) is 6.92 Å². The van der Waals surface area contributed by atoms with Crippen molar-refractivity contribution in [2.45, 2.75) is 24.2 Å². The summed E-state index contributed by atoms with van der Waals surface area (Å²) in [5, 5.41) is 10.2. The first-order valence-corrected chi connectivity index (χ1v) is 9.85. The molecule has 1 aliphatic rings. The lowest BCUT2D eigenvalue weighted by Gasteiger charge is -2.08. The molecule has 5 nitrogen and oxygen atoms in total. The summed E-state index contributed by atoms with van der Waals surface area (Å²) in [4.78, 5) is 3.69. The van der Waals surface area contributed by atoms with E-state index in [-0.39, 0.29) is 23.3 Å². The standard InChI is InChI=1S/C20H18N2O3S/c1-13-3-6-16(7-4-13)26(24,25)22-11-19(17-9-14(17)12-23)18-10-15(21-2)5-8-20(18)22/h3-8,10-11,14,17,23H,9,12H2,1H3. The molecule has 0 amide bonds. The number of hydrogen-bond donors (Lipinski definition) is 1. The van der Waals surface area contributed by atoms with E-state index in [1.54, 1.807) is 48.7 Å². The predicted octanol–water partition coefficient (Wildman–Crippen LogP) is 3.83. The average molecular weight is 366 g/mol. The van der Waals surface area contributed by atoms with Gasteiger partial charge >= 0.3 is 0 Å². The van der Waals surface area contributed by atoms with E-state index in [0.29, 0.717) is 11.2 Å². The lowest BCUT2D eigenvalue weighted by molar-refractivity contribution is 0.274. The molecule has 3 aromatic rings. The highest BCUT2D eigenvalue weighted by atomic mass is 32.2. The lowest BCUT2D eigenvalue weighted by Crippen LogP contribution is -2.11. The van der Waals surface area contributed by atoms with Crippen LogP contribution in [-0.4, -0.2) is 24.1 Å². The van der Waals surface area contributed by atoms with Gasteiger partial charge in [0.05, 0.1) is 17.0 Å². The smallest absolute Gasteiger partial charge is 0.268 e. The molecular weight excluding hydrogens is 348 g/mol. The molecule has 0 saturated heterocycles.